The van der Waals surface area contributed by atoms with Crippen molar-refractivity contribution in [1.29, 1.82) is 0 Å². The second kappa shape index (κ2) is 12.5. The number of ether oxygens (including phenoxy) is 1. The summed E-state index contributed by atoms with van der Waals surface area (Å²) >= 11 is 7.52. The first kappa shape index (κ1) is 24.1. The van der Waals surface area contributed by atoms with Gasteiger partial charge in [0.25, 0.3) is 0 Å². The van der Waals surface area contributed by atoms with Gasteiger partial charge in [-0.2, -0.15) is 0 Å². The fraction of sp³-hybridized carbons (Fsp3) is 0.391. The molecular weight excluding hydrogens is 420 g/mol. The molecule has 0 bridgehead atoms. The molecule has 162 valence electrons. The molecule has 0 fully saturated rings. The van der Waals surface area contributed by atoms with Gasteiger partial charge in [-0.15, -0.1) is 11.8 Å². The number of methoxy groups -OCH3 is 1. The highest BCUT2D eigenvalue weighted by Crippen LogP contribution is 2.22. The summed E-state index contributed by atoms with van der Waals surface area (Å²) in [5.41, 5.74) is 0.956. The van der Waals surface area contributed by atoms with Gasteiger partial charge in [0.2, 0.25) is 11.8 Å². The molecule has 2 aromatic rings. The summed E-state index contributed by atoms with van der Waals surface area (Å²) in [7, 11) is 1.62. The Bertz CT molecular complexity index is 812. The maximum Gasteiger partial charge on any atom is 0.242 e. The van der Waals surface area contributed by atoms with Crippen LogP contribution in [-0.4, -0.2) is 42.2 Å². The van der Waals surface area contributed by atoms with E-state index in [1.54, 1.807) is 23.8 Å². The van der Waals surface area contributed by atoms with E-state index in [4.69, 9.17) is 16.3 Å². The van der Waals surface area contributed by atoms with Crippen molar-refractivity contribution in [2.75, 3.05) is 19.4 Å². The molecule has 5 nitrogen and oxygen atoms in total. The van der Waals surface area contributed by atoms with Gasteiger partial charge >= 0.3 is 0 Å². The summed E-state index contributed by atoms with van der Waals surface area (Å²) in [5, 5.41) is 3.54. The highest BCUT2D eigenvalue weighted by atomic mass is 35.5. The lowest BCUT2D eigenvalue weighted by Gasteiger charge is -2.30. The second-order valence-corrected chi connectivity index (χ2v) is 8.35. The third-order valence-corrected chi connectivity index (χ3v) is 5.91. The van der Waals surface area contributed by atoms with Gasteiger partial charge in [0.05, 0.1) is 7.11 Å². The molecule has 1 atom stereocenters. The van der Waals surface area contributed by atoms with Crippen LogP contribution in [-0.2, 0) is 16.1 Å². The molecule has 2 aromatic carbocycles. The Kier molecular flexibility index (Phi) is 10.0. The maximum atomic E-state index is 13.1. The van der Waals surface area contributed by atoms with Gasteiger partial charge in [0.1, 0.15) is 11.8 Å². The smallest absolute Gasteiger partial charge is 0.242 e. The third kappa shape index (κ3) is 7.26. The van der Waals surface area contributed by atoms with Crippen LogP contribution in [0.5, 0.6) is 5.75 Å². The van der Waals surface area contributed by atoms with Gasteiger partial charge in [-0.3, -0.25) is 9.59 Å². The van der Waals surface area contributed by atoms with Crippen LogP contribution in [0.2, 0.25) is 5.02 Å². The van der Waals surface area contributed by atoms with Crippen LogP contribution in [0, 0.1) is 0 Å². The molecule has 2 amide bonds. The largest absolute Gasteiger partial charge is 0.497 e. The molecule has 0 aliphatic heterocycles. The monoisotopic (exact) mass is 448 g/mol. The molecule has 0 radical (unpaired) electrons. The van der Waals surface area contributed by atoms with Crippen molar-refractivity contribution in [1.82, 2.24) is 10.2 Å². The van der Waals surface area contributed by atoms with E-state index in [-0.39, 0.29) is 11.8 Å². The molecule has 0 spiro atoms. The SMILES string of the molecule is CCNC(=O)[C@@H](CC)N(Cc1ccc(OC)cc1)C(=O)CCSc1ccc(Cl)cc1. The number of carbonyl (C=O) groups is 2. The van der Waals surface area contributed by atoms with E-state index in [1.165, 1.54) is 0 Å². The lowest BCUT2D eigenvalue weighted by atomic mass is 10.1. The molecule has 1 N–H and O–H groups in total. The van der Waals surface area contributed by atoms with Crippen LogP contribution in [0.3, 0.4) is 0 Å². The molecule has 0 aliphatic rings. The van der Waals surface area contributed by atoms with E-state index in [0.29, 0.717) is 36.7 Å². The number of hydrogen-bond acceptors (Lipinski definition) is 4. The van der Waals surface area contributed by atoms with Crippen molar-refractivity contribution in [2.45, 2.75) is 44.2 Å². The second-order valence-electron chi connectivity index (χ2n) is 6.74. The average molecular weight is 449 g/mol. The highest BCUT2D eigenvalue weighted by molar-refractivity contribution is 7.99. The molecule has 0 saturated carbocycles. The molecule has 7 heteroatoms. The minimum absolute atomic E-state index is 0.0367. The Morgan fingerprint density at radius 2 is 1.77 bits per heavy atom. The van der Waals surface area contributed by atoms with E-state index in [0.717, 1.165) is 16.2 Å². The lowest BCUT2D eigenvalue weighted by Crippen LogP contribution is -2.49. The van der Waals surface area contributed by atoms with Crippen molar-refractivity contribution in [2.24, 2.45) is 0 Å². The quantitative estimate of drug-likeness (QED) is 0.503. The predicted molar refractivity (Wildman–Crippen MR) is 123 cm³/mol. The first-order chi connectivity index (χ1) is 14.5. The minimum Gasteiger partial charge on any atom is -0.497 e. The van der Waals surface area contributed by atoms with Crippen LogP contribution in [0.4, 0.5) is 0 Å². The van der Waals surface area contributed by atoms with Gasteiger partial charge in [-0.05, 0) is 55.3 Å². The topological polar surface area (TPSA) is 58.6 Å². The zero-order valence-corrected chi connectivity index (χ0v) is 19.3. The van der Waals surface area contributed by atoms with Crippen LogP contribution < -0.4 is 10.1 Å². The number of nitrogens with one attached hydrogen (secondary N) is 1. The summed E-state index contributed by atoms with van der Waals surface area (Å²) in [6.07, 6.45) is 0.900. The van der Waals surface area contributed by atoms with Crippen molar-refractivity contribution in [3.63, 3.8) is 0 Å². The fourth-order valence-electron chi connectivity index (χ4n) is 3.07. The zero-order chi connectivity index (χ0) is 21.9. The number of hydrogen-bond donors (Lipinski definition) is 1. The summed E-state index contributed by atoms with van der Waals surface area (Å²) in [6.45, 7) is 4.72. The normalized spacial score (nSPS) is 11.6. The number of rotatable bonds is 11. The van der Waals surface area contributed by atoms with Crippen molar-refractivity contribution < 1.29 is 14.3 Å². The first-order valence-corrected chi connectivity index (χ1v) is 11.4. The molecule has 2 rings (SSSR count). The van der Waals surface area contributed by atoms with Gasteiger partial charge in [0.15, 0.2) is 0 Å². The molecule has 0 saturated heterocycles. The Morgan fingerprint density at radius 3 is 2.33 bits per heavy atom. The number of benzene rings is 2. The fourth-order valence-corrected chi connectivity index (χ4v) is 4.04. The Labute approximate surface area is 188 Å². The van der Waals surface area contributed by atoms with Crippen LogP contribution in [0.1, 0.15) is 32.3 Å². The maximum absolute atomic E-state index is 13.1. The highest BCUT2D eigenvalue weighted by Gasteiger charge is 2.28. The number of halogens is 1. The molecule has 0 aliphatic carbocycles. The van der Waals surface area contributed by atoms with Gasteiger partial charge < -0.3 is 15.0 Å². The summed E-state index contributed by atoms with van der Waals surface area (Å²) in [4.78, 5) is 28.5. The van der Waals surface area contributed by atoms with E-state index in [2.05, 4.69) is 5.32 Å². The number of amides is 2. The Balaban J connectivity index is 2.10. The number of nitrogens with zero attached hydrogens (tertiary/aromatic N) is 1. The third-order valence-electron chi connectivity index (χ3n) is 4.65. The number of likely N-dealkylation sites (N-methyl/N-ethyl adjacent to an activating group) is 1. The van der Waals surface area contributed by atoms with Crippen LogP contribution >= 0.6 is 23.4 Å². The van der Waals surface area contributed by atoms with Gasteiger partial charge in [0, 0.05) is 35.2 Å². The summed E-state index contributed by atoms with van der Waals surface area (Å²) in [5.74, 6) is 1.23. The molecule has 0 heterocycles. The average Bonchev–Trinajstić information content (AvgIpc) is 2.75. The standard InChI is InChI=1S/C23H29ClN2O3S/c1-4-21(23(28)25-5-2)26(16-17-6-10-19(29-3)11-7-17)22(27)14-15-30-20-12-8-18(24)9-13-20/h6-13,21H,4-5,14-16H2,1-3H3,(H,25,28)/t21-/m1/s1. The predicted octanol–water partition coefficient (Wildman–Crippen LogP) is 4.77. The summed E-state index contributed by atoms with van der Waals surface area (Å²) < 4.78 is 5.21. The van der Waals surface area contributed by atoms with E-state index in [9.17, 15) is 9.59 Å². The van der Waals surface area contributed by atoms with E-state index >= 15 is 0 Å². The molecule has 0 unspecified atom stereocenters. The lowest BCUT2D eigenvalue weighted by molar-refractivity contribution is -0.141. The zero-order valence-electron chi connectivity index (χ0n) is 17.7. The van der Waals surface area contributed by atoms with Gasteiger partial charge in [-0.25, -0.2) is 0 Å². The Morgan fingerprint density at radius 1 is 1.10 bits per heavy atom. The number of carbonyl (C=O) groups excluding carboxylic acids is 2. The number of thioether (sulfide) groups is 1. The van der Waals surface area contributed by atoms with Crippen molar-refractivity contribution >= 4 is 35.2 Å². The molecular formula is C23H29ClN2O3S. The van der Waals surface area contributed by atoms with Crippen molar-refractivity contribution in [3.05, 3.63) is 59.1 Å². The first-order valence-electron chi connectivity index (χ1n) is 10.1. The molecule has 0 aromatic heterocycles. The van der Waals surface area contributed by atoms with E-state index in [1.807, 2.05) is 62.4 Å². The van der Waals surface area contributed by atoms with Crippen LogP contribution in [0.25, 0.3) is 0 Å². The van der Waals surface area contributed by atoms with Crippen molar-refractivity contribution in [3.8, 4) is 5.75 Å². The van der Waals surface area contributed by atoms with E-state index < -0.39 is 6.04 Å². The van der Waals surface area contributed by atoms with Crippen LogP contribution in [0.15, 0.2) is 53.4 Å². The van der Waals surface area contributed by atoms with Gasteiger partial charge in [-0.1, -0.05) is 30.7 Å². The molecule has 30 heavy (non-hydrogen) atoms. The Hall–Kier alpha value is -2.18. The summed E-state index contributed by atoms with van der Waals surface area (Å²) in [6, 6.07) is 14.6. The minimum atomic E-state index is -0.500.